The maximum absolute atomic E-state index is 11.4. The molecule has 1 unspecified atom stereocenters. The predicted molar refractivity (Wildman–Crippen MR) is 110 cm³/mol. The quantitative estimate of drug-likeness (QED) is 0.263. The molecule has 0 aliphatic carbocycles. The molecule has 0 bridgehead atoms. The maximum Gasteiger partial charge on any atom is 0.219 e. The van der Waals surface area contributed by atoms with Gasteiger partial charge in [0.15, 0.2) is 5.96 Å². The molecular weight excluding hydrogens is 435 g/mol. The second kappa shape index (κ2) is 12.7. The zero-order chi connectivity index (χ0) is 17.2. The van der Waals surface area contributed by atoms with E-state index in [9.17, 15) is 4.79 Å². The molecule has 146 valence electrons. The Morgan fingerprint density at radius 1 is 1.28 bits per heavy atom. The third kappa shape index (κ3) is 8.08. The molecule has 2 rings (SSSR count). The van der Waals surface area contributed by atoms with Gasteiger partial charge in [0.05, 0.1) is 13.2 Å². The number of hydrogen-bond acceptors (Lipinski definition) is 4. The Morgan fingerprint density at radius 2 is 2.00 bits per heavy atom. The van der Waals surface area contributed by atoms with Crippen molar-refractivity contribution in [1.29, 1.82) is 0 Å². The summed E-state index contributed by atoms with van der Waals surface area (Å²) in [4.78, 5) is 20.2. The number of ether oxygens (including phenoxy) is 2. The molecule has 0 aromatic heterocycles. The summed E-state index contributed by atoms with van der Waals surface area (Å²) in [6.45, 7) is 11.8. The SMILES string of the molecule is CCNC(=NCCCOCC1CCOC1)N1CCN(C(C)=O)CC1.I. The first kappa shape index (κ1) is 22.4. The van der Waals surface area contributed by atoms with E-state index in [1.165, 1.54) is 0 Å². The number of guanidine groups is 1. The minimum Gasteiger partial charge on any atom is -0.381 e. The lowest BCUT2D eigenvalue weighted by Gasteiger charge is -2.36. The molecule has 2 fully saturated rings. The van der Waals surface area contributed by atoms with E-state index < -0.39 is 0 Å². The van der Waals surface area contributed by atoms with Crippen molar-refractivity contribution in [3.05, 3.63) is 0 Å². The monoisotopic (exact) mass is 468 g/mol. The second-order valence-electron chi connectivity index (χ2n) is 6.39. The van der Waals surface area contributed by atoms with Gasteiger partial charge in [0.2, 0.25) is 5.91 Å². The van der Waals surface area contributed by atoms with Crippen LogP contribution in [0.1, 0.15) is 26.7 Å². The van der Waals surface area contributed by atoms with Crippen molar-refractivity contribution >= 4 is 35.8 Å². The Balaban J connectivity index is 0.00000312. The van der Waals surface area contributed by atoms with E-state index in [-0.39, 0.29) is 29.9 Å². The molecule has 2 heterocycles. The number of aliphatic imine (C=N–C) groups is 1. The number of carbonyl (C=O) groups is 1. The number of piperazine rings is 1. The second-order valence-corrected chi connectivity index (χ2v) is 6.39. The summed E-state index contributed by atoms with van der Waals surface area (Å²) >= 11 is 0. The van der Waals surface area contributed by atoms with Gasteiger partial charge < -0.3 is 24.6 Å². The van der Waals surface area contributed by atoms with Crippen LogP contribution in [-0.4, -0.2) is 87.4 Å². The number of halogens is 1. The third-order valence-corrected chi connectivity index (χ3v) is 4.45. The Bertz CT molecular complexity index is 409. The lowest BCUT2D eigenvalue weighted by atomic mass is 10.1. The van der Waals surface area contributed by atoms with Crippen LogP contribution in [0.4, 0.5) is 0 Å². The molecule has 1 atom stereocenters. The lowest BCUT2D eigenvalue weighted by molar-refractivity contribution is -0.130. The molecule has 1 amide bonds. The Morgan fingerprint density at radius 3 is 2.60 bits per heavy atom. The first-order chi connectivity index (χ1) is 11.7. The zero-order valence-electron chi connectivity index (χ0n) is 15.5. The minimum atomic E-state index is 0. The zero-order valence-corrected chi connectivity index (χ0v) is 17.9. The van der Waals surface area contributed by atoms with Crippen LogP contribution in [0.25, 0.3) is 0 Å². The van der Waals surface area contributed by atoms with Crippen LogP contribution < -0.4 is 5.32 Å². The first-order valence-electron chi connectivity index (χ1n) is 9.15. The first-order valence-corrected chi connectivity index (χ1v) is 9.15. The topological polar surface area (TPSA) is 66.4 Å². The van der Waals surface area contributed by atoms with Crippen LogP contribution in [0.5, 0.6) is 0 Å². The van der Waals surface area contributed by atoms with Crippen molar-refractivity contribution in [3.8, 4) is 0 Å². The molecule has 25 heavy (non-hydrogen) atoms. The highest BCUT2D eigenvalue weighted by Crippen LogP contribution is 2.12. The van der Waals surface area contributed by atoms with Crippen molar-refractivity contribution in [3.63, 3.8) is 0 Å². The number of hydrogen-bond donors (Lipinski definition) is 1. The van der Waals surface area contributed by atoms with Crippen molar-refractivity contribution < 1.29 is 14.3 Å². The van der Waals surface area contributed by atoms with Crippen LogP contribution in [0.3, 0.4) is 0 Å². The fourth-order valence-electron chi connectivity index (χ4n) is 2.98. The van der Waals surface area contributed by atoms with Gasteiger partial charge >= 0.3 is 0 Å². The van der Waals surface area contributed by atoms with Gasteiger partial charge in [0.1, 0.15) is 0 Å². The fourth-order valence-corrected chi connectivity index (χ4v) is 2.98. The number of carbonyl (C=O) groups excluding carboxylic acids is 1. The van der Waals surface area contributed by atoms with E-state index in [1.807, 2.05) is 4.90 Å². The highest BCUT2D eigenvalue weighted by molar-refractivity contribution is 14.0. The van der Waals surface area contributed by atoms with Crippen LogP contribution in [0.2, 0.25) is 0 Å². The molecule has 7 nitrogen and oxygen atoms in total. The molecule has 0 radical (unpaired) electrons. The van der Waals surface area contributed by atoms with Gasteiger partial charge in [-0.15, -0.1) is 24.0 Å². The van der Waals surface area contributed by atoms with Gasteiger partial charge in [0.25, 0.3) is 0 Å². The molecule has 2 aliphatic rings. The van der Waals surface area contributed by atoms with Crippen molar-refractivity contribution in [1.82, 2.24) is 15.1 Å². The highest BCUT2D eigenvalue weighted by atomic mass is 127. The molecule has 2 aliphatic heterocycles. The molecule has 1 N–H and O–H groups in total. The number of nitrogens with zero attached hydrogens (tertiary/aromatic N) is 3. The third-order valence-electron chi connectivity index (χ3n) is 4.45. The average molecular weight is 468 g/mol. The lowest BCUT2D eigenvalue weighted by Crippen LogP contribution is -2.53. The van der Waals surface area contributed by atoms with Crippen LogP contribution >= 0.6 is 24.0 Å². The Hall–Kier alpha value is -0.610. The van der Waals surface area contributed by atoms with E-state index in [2.05, 4.69) is 17.1 Å². The van der Waals surface area contributed by atoms with Crippen molar-refractivity contribution in [2.75, 3.05) is 65.7 Å². The van der Waals surface area contributed by atoms with Gasteiger partial charge in [-0.1, -0.05) is 0 Å². The summed E-state index contributed by atoms with van der Waals surface area (Å²) < 4.78 is 11.1. The predicted octanol–water partition coefficient (Wildman–Crippen LogP) is 1.18. The minimum absolute atomic E-state index is 0. The number of rotatable bonds is 7. The van der Waals surface area contributed by atoms with E-state index in [1.54, 1.807) is 6.92 Å². The summed E-state index contributed by atoms with van der Waals surface area (Å²) in [5.74, 6) is 1.68. The van der Waals surface area contributed by atoms with Crippen LogP contribution in [0, 0.1) is 5.92 Å². The molecule has 0 aromatic rings. The summed E-state index contributed by atoms with van der Waals surface area (Å²) in [5, 5.41) is 3.35. The van der Waals surface area contributed by atoms with E-state index in [0.717, 1.165) is 84.5 Å². The summed E-state index contributed by atoms with van der Waals surface area (Å²) in [6, 6.07) is 0. The Labute approximate surface area is 168 Å². The van der Waals surface area contributed by atoms with Crippen molar-refractivity contribution in [2.24, 2.45) is 10.9 Å². The van der Waals surface area contributed by atoms with Gasteiger partial charge in [-0.2, -0.15) is 0 Å². The van der Waals surface area contributed by atoms with E-state index in [0.29, 0.717) is 5.92 Å². The largest absolute Gasteiger partial charge is 0.381 e. The molecule has 0 aromatic carbocycles. The molecular formula is C17H33IN4O3. The Kier molecular flexibility index (Phi) is 11.4. The number of nitrogens with one attached hydrogen (secondary N) is 1. The maximum atomic E-state index is 11.4. The average Bonchev–Trinajstić information content (AvgIpc) is 3.10. The van der Waals surface area contributed by atoms with Gasteiger partial charge in [-0.25, -0.2) is 0 Å². The summed E-state index contributed by atoms with van der Waals surface area (Å²) in [7, 11) is 0. The van der Waals surface area contributed by atoms with Crippen molar-refractivity contribution in [2.45, 2.75) is 26.7 Å². The molecule has 2 saturated heterocycles. The molecule has 8 heteroatoms. The summed E-state index contributed by atoms with van der Waals surface area (Å²) in [5.41, 5.74) is 0. The van der Waals surface area contributed by atoms with E-state index >= 15 is 0 Å². The summed E-state index contributed by atoms with van der Waals surface area (Å²) in [6.07, 6.45) is 2.05. The van der Waals surface area contributed by atoms with Crippen LogP contribution in [-0.2, 0) is 14.3 Å². The van der Waals surface area contributed by atoms with Gasteiger partial charge in [-0.3, -0.25) is 9.79 Å². The highest BCUT2D eigenvalue weighted by Gasteiger charge is 2.20. The smallest absolute Gasteiger partial charge is 0.219 e. The van der Waals surface area contributed by atoms with Gasteiger partial charge in [-0.05, 0) is 19.8 Å². The normalized spacial score (nSPS) is 21.2. The van der Waals surface area contributed by atoms with Gasteiger partial charge in [0, 0.05) is 65.3 Å². The fraction of sp³-hybridized carbons (Fsp3) is 0.882. The molecule has 0 saturated carbocycles. The standard InChI is InChI=1S/C17H32N4O3.HI/c1-3-18-17(21-9-7-20(8-10-21)15(2)22)19-6-4-11-23-13-16-5-12-24-14-16;/h16H,3-14H2,1-2H3,(H,18,19);1H. The van der Waals surface area contributed by atoms with Crippen LogP contribution in [0.15, 0.2) is 4.99 Å². The number of amides is 1. The van der Waals surface area contributed by atoms with E-state index in [4.69, 9.17) is 14.5 Å². The molecule has 0 spiro atoms.